The summed E-state index contributed by atoms with van der Waals surface area (Å²) in [7, 11) is 0. The second-order valence-electron chi connectivity index (χ2n) is 7.66. The fourth-order valence-electron chi connectivity index (χ4n) is 5.14. The number of rotatable bonds is 1. The molecule has 1 fully saturated rings. The molecule has 0 aliphatic carbocycles. The van der Waals surface area contributed by atoms with Crippen LogP contribution in [-0.4, -0.2) is 41.8 Å². The zero-order valence-corrected chi connectivity index (χ0v) is 14.8. The molecule has 27 heavy (non-hydrogen) atoms. The second kappa shape index (κ2) is 5.94. The molecule has 2 aromatic carbocycles. The van der Waals surface area contributed by atoms with E-state index in [1.807, 2.05) is 12.1 Å². The number of hydrogen-bond donors (Lipinski definition) is 1. The highest BCUT2D eigenvalue weighted by atomic mass is 19.1. The smallest absolute Gasteiger partial charge is 0.407 e. The first-order chi connectivity index (χ1) is 13.0. The number of piperidine rings is 1. The Morgan fingerprint density at radius 3 is 2.67 bits per heavy atom. The van der Waals surface area contributed by atoms with Gasteiger partial charge in [0.15, 0.2) is 0 Å². The number of carbonyl (C=O) groups is 1. The van der Waals surface area contributed by atoms with Crippen molar-refractivity contribution in [3.8, 4) is 11.1 Å². The maximum Gasteiger partial charge on any atom is 0.407 e. The van der Waals surface area contributed by atoms with E-state index >= 15 is 0 Å². The molecule has 3 aliphatic heterocycles. The van der Waals surface area contributed by atoms with Crippen LogP contribution in [0.1, 0.15) is 29.9 Å². The normalized spacial score (nSPS) is 23.2. The molecular formula is C21H20F2N2O2. The lowest BCUT2D eigenvalue weighted by molar-refractivity contribution is 0.127. The highest BCUT2D eigenvalue weighted by molar-refractivity contribution is 5.77. The number of carboxylic acid groups (broad SMARTS) is 1. The largest absolute Gasteiger partial charge is 0.465 e. The Labute approximate surface area is 156 Å². The summed E-state index contributed by atoms with van der Waals surface area (Å²) in [5.74, 6) is -1.09. The van der Waals surface area contributed by atoms with Crippen molar-refractivity contribution in [2.24, 2.45) is 0 Å². The van der Waals surface area contributed by atoms with Crippen LogP contribution in [0.4, 0.5) is 19.3 Å². The molecule has 0 bridgehead atoms. The molecule has 1 N–H and O–H groups in total. The first-order valence-electron chi connectivity index (χ1n) is 9.40. The Hall–Kier alpha value is -2.63. The predicted molar refractivity (Wildman–Crippen MR) is 98.2 cm³/mol. The molecule has 0 aromatic heterocycles. The Balaban J connectivity index is 1.66. The number of nitrogens with zero attached hydrogens (tertiary/aromatic N) is 2. The van der Waals surface area contributed by atoms with Crippen molar-refractivity contribution < 1.29 is 18.7 Å². The summed E-state index contributed by atoms with van der Waals surface area (Å²) in [4.78, 5) is 15.3. The number of benzene rings is 2. The van der Waals surface area contributed by atoms with Gasteiger partial charge in [0.1, 0.15) is 11.6 Å². The molecular weight excluding hydrogens is 350 g/mol. The SMILES string of the molecule is O=C(O)N1CC[C@H]2[C@@H](C1)c1cc(-c3c(F)cccc3F)cc3c1N2CCC3. The number of likely N-dealkylation sites (tertiary alicyclic amines) is 1. The highest BCUT2D eigenvalue weighted by Gasteiger charge is 2.45. The number of anilines is 1. The third kappa shape index (κ3) is 2.42. The number of amides is 1. The molecule has 5 rings (SSSR count). The van der Waals surface area contributed by atoms with E-state index in [0.717, 1.165) is 36.9 Å². The first kappa shape index (κ1) is 16.5. The van der Waals surface area contributed by atoms with Gasteiger partial charge in [0.25, 0.3) is 0 Å². The number of halogens is 2. The minimum atomic E-state index is -0.903. The summed E-state index contributed by atoms with van der Waals surface area (Å²) in [6, 6.07) is 8.00. The minimum Gasteiger partial charge on any atom is -0.465 e. The number of aryl methyl sites for hydroxylation is 1. The van der Waals surface area contributed by atoms with Gasteiger partial charge >= 0.3 is 6.09 Å². The lowest BCUT2D eigenvalue weighted by Gasteiger charge is -2.39. The average molecular weight is 370 g/mol. The fraction of sp³-hybridized carbons (Fsp3) is 0.381. The molecule has 4 nitrogen and oxygen atoms in total. The van der Waals surface area contributed by atoms with Crippen molar-refractivity contribution in [2.45, 2.75) is 31.2 Å². The van der Waals surface area contributed by atoms with Gasteiger partial charge in [-0.2, -0.15) is 0 Å². The first-order valence-corrected chi connectivity index (χ1v) is 9.40. The molecule has 2 aromatic rings. The van der Waals surface area contributed by atoms with Crippen molar-refractivity contribution in [3.05, 3.63) is 53.1 Å². The lowest BCUT2D eigenvalue weighted by Crippen LogP contribution is -2.48. The average Bonchev–Trinajstić information content (AvgIpc) is 2.97. The molecule has 0 unspecified atom stereocenters. The molecule has 2 atom stereocenters. The van der Waals surface area contributed by atoms with Crippen molar-refractivity contribution in [3.63, 3.8) is 0 Å². The summed E-state index contributed by atoms with van der Waals surface area (Å²) < 4.78 is 28.8. The topological polar surface area (TPSA) is 43.8 Å². The van der Waals surface area contributed by atoms with Crippen LogP contribution in [0.2, 0.25) is 0 Å². The van der Waals surface area contributed by atoms with Crippen molar-refractivity contribution in [2.75, 3.05) is 24.5 Å². The van der Waals surface area contributed by atoms with Crippen LogP contribution < -0.4 is 4.90 Å². The van der Waals surface area contributed by atoms with E-state index < -0.39 is 17.7 Å². The number of fused-ring (bicyclic) bond motifs is 3. The van der Waals surface area contributed by atoms with Gasteiger partial charge in [-0.15, -0.1) is 0 Å². The van der Waals surface area contributed by atoms with Gasteiger partial charge in [0.05, 0.1) is 5.56 Å². The third-order valence-corrected chi connectivity index (χ3v) is 6.25. The fourth-order valence-corrected chi connectivity index (χ4v) is 5.14. The van der Waals surface area contributed by atoms with E-state index in [9.17, 15) is 18.7 Å². The van der Waals surface area contributed by atoms with Crippen LogP contribution in [0, 0.1) is 11.6 Å². The molecule has 0 radical (unpaired) electrons. The van der Waals surface area contributed by atoms with Crippen LogP contribution in [0.25, 0.3) is 11.1 Å². The van der Waals surface area contributed by atoms with Gasteiger partial charge < -0.3 is 14.9 Å². The molecule has 3 heterocycles. The van der Waals surface area contributed by atoms with Crippen LogP contribution in [0.15, 0.2) is 30.3 Å². The molecule has 3 aliphatic rings. The molecule has 1 saturated heterocycles. The van der Waals surface area contributed by atoms with Gasteiger partial charge in [-0.3, -0.25) is 0 Å². The Morgan fingerprint density at radius 1 is 1.15 bits per heavy atom. The standard InChI is InChI=1S/C21H20F2N2O2/c22-16-4-1-5-17(23)19(16)13-9-12-3-2-7-25-18-6-8-24(21(26)27)11-15(18)14(10-13)20(12)25/h1,4-5,9-10,15,18H,2-3,6-8,11H2,(H,26,27)/t15-,18-/m0/s1. The third-order valence-electron chi connectivity index (χ3n) is 6.25. The summed E-state index contributed by atoms with van der Waals surface area (Å²) in [5, 5.41) is 9.41. The van der Waals surface area contributed by atoms with Gasteiger partial charge in [-0.1, -0.05) is 6.07 Å². The number of hydrogen-bond acceptors (Lipinski definition) is 2. The minimum absolute atomic E-state index is 0.00280. The summed E-state index contributed by atoms with van der Waals surface area (Å²) in [6.45, 7) is 1.93. The van der Waals surface area contributed by atoms with Crippen LogP contribution in [-0.2, 0) is 6.42 Å². The van der Waals surface area contributed by atoms with E-state index in [-0.39, 0.29) is 17.5 Å². The Bertz CT molecular complexity index is 926. The van der Waals surface area contributed by atoms with Crippen molar-refractivity contribution in [1.82, 2.24) is 4.90 Å². The van der Waals surface area contributed by atoms with E-state index in [1.54, 1.807) is 0 Å². The van der Waals surface area contributed by atoms with Gasteiger partial charge in [-0.05, 0) is 60.2 Å². The molecule has 1 amide bonds. The highest BCUT2D eigenvalue weighted by Crippen LogP contribution is 2.50. The van der Waals surface area contributed by atoms with E-state index in [4.69, 9.17) is 0 Å². The zero-order valence-electron chi connectivity index (χ0n) is 14.8. The maximum atomic E-state index is 14.4. The lowest BCUT2D eigenvalue weighted by atomic mass is 9.86. The Morgan fingerprint density at radius 2 is 1.93 bits per heavy atom. The second-order valence-corrected chi connectivity index (χ2v) is 7.66. The molecule has 0 saturated carbocycles. The quantitative estimate of drug-likeness (QED) is 0.817. The van der Waals surface area contributed by atoms with Gasteiger partial charge in [0, 0.05) is 37.3 Å². The van der Waals surface area contributed by atoms with Gasteiger partial charge in [-0.25, -0.2) is 13.6 Å². The van der Waals surface area contributed by atoms with Gasteiger partial charge in [0.2, 0.25) is 0 Å². The summed E-state index contributed by atoms with van der Waals surface area (Å²) >= 11 is 0. The maximum absolute atomic E-state index is 14.4. The van der Waals surface area contributed by atoms with E-state index in [0.29, 0.717) is 18.7 Å². The molecule has 0 spiro atoms. The monoisotopic (exact) mass is 370 g/mol. The summed E-state index contributed by atoms with van der Waals surface area (Å²) in [6.07, 6.45) is 1.76. The molecule has 6 heteroatoms. The van der Waals surface area contributed by atoms with Crippen molar-refractivity contribution >= 4 is 11.8 Å². The van der Waals surface area contributed by atoms with Crippen LogP contribution in [0.5, 0.6) is 0 Å². The van der Waals surface area contributed by atoms with Crippen LogP contribution >= 0.6 is 0 Å². The Kier molecular flexibility index (Phi) is 3.64. The van der Waals surface area contributed by atoms with E-state index in [1.165, 1.54) is 28.8 Å². The van der Waals surface area contributed by atoms with Crippen LogP contribution in [0.3, 0.4) is 0 Å². The van der Waals surface area contributed by atoms with Crippen molar-refractivity contribution in [1.29, 1.82) is 0 Å². The van der Waals surface area contributed by atoms with E-state index in [2.05, 4.69) is 4.90 Å². The summed E-state index contributed by atoms with van der Waals surface area (Å²) in [5.41, 5.74) is 3.88. The predicted octanol–water partition coefficient (Wildman–Crippen LogP) is 4.23. The molecule has 140 valence electrons. The zero-order chi connectivity index (χ0) is 18.7.